The first kappa shape index (κ1) is 16.2. The summed E-state index contributed by atoms with van der Waals surface area (Å²) in [5.41, 5.74) is 1.56. The molecule has 1 aliphatic rings. The molecule has 1 amide bonds. The smallest absolute Gasteiger partial charge is 0.253 e. The lowest BCUT2D eigenvalue weighted by atomic mass is 10.0. The van der Waals surface area contributed by atoms with Gasteiger partial charge < -0.3 is 14.8 Å². The minimum absolute atomic E-state index is 0.106. The molecule has 1 fully saturated rings. The second-order valence-electron chi connectivity index (χ2n) is 5.60. The van der Waals surface area contributed by atoms with Crippen LogP contribution in [0, 0.1) is 0 Å². The molecule has 2 aromatic carbocycles. The Kier molecular flexibility index (Phi) is 4.91. The van der Waals surface area contributed by atoms with E-state index >= 15 is 0 Å². The van der Waals surface area contributed by atoms with Crippen LogP contribution in [0.5, 0.6) is 5.75 Å². The van der Waals surface area contributed by atoms with Gasteiger partial charge >= 0.3 is 0 Å². The molecule has 1 heterocycles. The van der Waals surface area contributed by atoms with E-state index in [1.807, 2.05) is 18.2 Å². The SMILES string of the molecule is COc1ccc(C(=O)c2ccccc2)cc1NC(=O)[C@@H]1CCCO1. The molecule has 3 rings (SSSR count). The molecule has 2 aromatic rings. The predicted octanol–water partition coefficient (Wildman–Crippen LogP) is 3.04. The number of ether oxygens (including phenoxy) is 2. The zero-order chi connectivity index (χ0) is 16.9. The molecule has 0 spiro atoms. The highest BCUT2D eigenvalue weighted by atomic mass is 16.5. The summed E-state index contributed by atoms with van der Waals surface area (Å²) >= 11 is 0. The number of rotatable bonds is 5. The fraction of sp³-hybridized carbons (Fsp3) is 0.263. The summed E-state index contributed by atoms with van der Waals surface area (Å²) in [7, 11) is 1.52. The van der Waals surface area contributed by atoms with E-state index in [0.717, 1.165) is 6.42 Å². The molecule has 1 N–H and O–H groups in total. The zero-order valence-corrected chi connectivity index (χ0v) is 13.5. The number of hydrogen-bond acceptors (Lipinski definition) is 4. The Labute approximate surface area is 140 Å². The molecule has 0 unspecified atom stereocenters. The predicted molar refractivity (Wildman–Crippen MR) is 90.5 cm³/mol. The van der Waals surface area contributed by atoms with Crippen molar-refractivity contribution in [3.63, 3.8) is 0 Å². The van der Waals surface area contributed by atoms with Crippen LogP contribution in [0.25, 0.3) is 0 Å². The number of amides is 1. The van der Waals surface area contributed by atoms with Crippen molar-refractivity contribution < 1.29 is 19.1 Å². The Morgan fingerprint density at radius 1 is 1.12 bits per heavy atom. The first-order chi connectivity index (χ1) is 11.7. The van der Waals surface area contributed by atoms with Crippen molar-refractivity contribution in [1.82, 2.24) is 0 Å². The minimum Gasteiger partial charge on any atom is -0.495 e. The van der Waals surface area contributed by atoms with Crippen molar-refractivity contribution in [1.29, 1.82) is 0 Å². The summed E-state index contributed by atoms with van der Waals surface area (Å²) in [6, 6.07) is 14.0. The van der Waals surface area contributed by atoms with Gasteiger partial charge in [-0.1, -0.05) is 30.3 Å². The summed E-state index contributed by atoms with van der Waals surface area (Å²) in [6.07, 6.45) is 1.14. The molecule has 1 aliphatic heterocycles. The molecule has 1 saturated heterocycles. The number of nitrogens with one attached hydrogen (secondary N) is 1. The van der Waals surface area contributed by atoms with Gasteiger partial charge in [-0.3, -0.25) is 9.59 Å². The summed E-state index contributed by atoms with van der Waals surface area (Å²) in [5.74, 6) is 0.187. The molecule has 1 atom stereocenters. The number of anilines is 1. The van der Waals surface area contributed by atoms with Gasteiger partial charge in [0, 0.05) is 17.7 Å². The van der Waals surface area contributed by atoms with Gasteiger partial charge in [0.2, 0.25) is 0 Å². The largest absolute Gasteiger partial charge is 0.495 e. The molecule has 5 heteroatoms. The summed E-state index contributed by atoms with van der Waals surface area (Å²) < 4.78 is 10.7. The van der Waals surface area contributed by atoms with Crippen LogP contribution in [0.3, 0.4) is 0 Å². The highest BCUT2D eigenvalue weighted by Crippen LogP contribution is 2.27. The first-order valence-electron chi connectivity index (χ1n) is 7.89. The van der Waals surface area contributed by atoms with E-state index in [9.17, 15) is 9.59 Å². The molecule has 0 aliphatic carbocycles. The monoisotopic (exact) mass is 325 g/mol. The van der Waals surface area contributed by atoms with E-state index in [4.69, 9.17) is 9.47 Å². The number of carbonyl (C=O) groups is 2. The molecular weight excluding hydrogens is 306 g/mol. The average molecular weight is 325 g/mol. The van der Waals surface area contributed by atoms with Crippen molar-refractivity contribution in [3.8, 4) is 5.75 Å². The molecule has 24 heavy (non-hydrogen) atoms. The van der Waals surface area contributed by atoms with Crippen LogP contribution >= 0.6 is 0 Å². The van der Waals surface area contributed by atoms with Crippen LogP contribution in [0.15, 0.2) is 48.5 Å². The van der Waals surface area contributed by atoms with Crippen LogP contribution in [-0.4, -0.2) is 31.5 Å². The number of benzene rings is 2. The van der Waals surface area contributed by atoms with Crippen molar-refractivity contribution in [3.05, 3.63) is 59.7 Å². The lowest BCUT2D eigenvalue weighted by molar-refractivity contribution is -0.124. The Morgan fingerprint density at radius 3 is 2.58 bits per heavy atom. The summed E-state index contributed by atoms with van der Waals surface area (Å²) in [4.78, 5) is 24.8. The molecule has 124 valence electrons. The molecule has 0 bridgehead atoms. The Morgan fingerprint density at radius 2 is 1.92 bits per heavy atom. The molecule has 0 aromatic heterocycles. The van der Waals surface area contributed by atoms with Crippen LogP contribution in [0.1, 0.15) is 28.8 Å². The van der Waals surface area contributed by atoms with E-state index in [2.05, 4.69) is 5.32 Å². The molecule has 5 nitrogen and oxygen atoms in total. The van der Waals surface area contributed by atoms with Gasteiger partial charge in [-0.15, -0.1) is 0 Å². The van der Waals surface area contributed by atoms with Gasteiger partial charge in [0.15, 0.2) is 5.78 Å². The minimum atomic E-state index is -0.441. The van der Waals surface area contributed by atoms with Crippen molar-refractivity contribution in [2.75, 3.05) is 19.0 Å². The van der Waals surface area contributed by atoms with Gasteiger partial charge in [0.25, 0.3) is 5.91 Å². The Hall–Kier alpha value is -2.66. The second-order valence-corrected chi connectivity index (χ2v) is 5.60. The third kappa shape index (κ3) is 3.46. The van der Waals surface area contributed by atoms with E-state index in [1.54, 1.807) is 30.3 Å². The Balaban J connectivity index is 1.85. The molecule has 0 saturated carbocycles. The van der Waals surface area contributed by atoms with Gasteiger partial charge in [-0.25, -0.2) is 0 Å². The van der Waals surface area contributed by atoms with Crippen molar-refractivity contribution in [2.24, 2.45) is 0 Å². The second kappa shape index (κ2) is 7.27. The standard InChI is InChI=1S/C19H19NO4/c1-23-16-10-9-14(18(21)13-6-3-2-4-7-13)12-15(16)20-19(22)17-8-5-11-24-17/h2-4,6-7,9-10,12,17H,5,8,11H2,1H3,(H,20,22)/t17-/m0/s1. The fourth-order valence-electron chi connectivity index (χ4n) is 2.70. The zero-order valence-electron chi connectivity index (χ0n) is 13.5. The third-order valence-electron chi connectivity index (χ3n) is 3.98. The van der Waals surface area contributed by atoms with E-state index in [0.29, 0.717) is 35.6 Å². The van der Waals surface area contributed by atoms with Gasteiger partial charge in [-0.2, -0.15) is 0 Å². The fourth-order valence-corrected chi connectivity index (χ4v) is 2.70. The molecular formula is C19H19NO4. The lowest BCUT2D eigenvalue weighted by Gasteiger charge is -2.14. The lowest BCUT2D eigenvalue weighted by Crippen LogP contribution is -2.27. The summed E-state index contributed by atoms with van der Waals surface area (Å²) in [6.45, 7) is 0.599. The molecule has 0 radical (unpaired) electrons. The topological polar surface area (TPSA) is 64.6 Å². The van der Waals surface area contributed by atoms with Crippen LogP contribution in [-0.2, 0) is 9.53 Å². The number of ketones is 1. The maximum Gasteiger partial charge on any atom is 0.253 e. The van der Waals surface area contributed by atoms with E-state index < -0.39 is 6.10 Å². The normalized spacial score (nSPS) is 16.6. The van der Waals surface area contributed by atoms with Crippen molar-refractivity contribution in [2.45, 2.75) is 18.9 Å². The van der Waals surface area contributed by atoms with Crippen LogP contribution < -0.4 is 10.1 Å². The maximum absolute atomic E-state index is 12.6. The number of methoxy groups -OCH3 is 1. The Bertz CT molecular complexity index is 736. The first-order valence-corrected chi connectivity index (χ1v) is 7.89. The highest BCUT2D eigenvalue weighted by molar-refractivity contribution is 6.10. The average Bonchev–Trinajstić information content (AvgIpc) is 3.16. The van der Waals surface area contributed by atoms with Gasteiger partial charge in [-0.05, 0) is 31.0 Å². The van der Waals surface area contributed by atoms with Crippen LogP contribution in [0.4, 0.5) is 5.69 Å². The van der Waals surface area contributed by atoms with Crippen LogP contribution in [0.2, 0.25) is 0 Å². The van der Waals surface area contributed by atoms with Crippen molar-refractivity contribution >= 4 is 17.4 Å². The quantitative estimate of drug-likeness (QED) is 0.858. The summed E-state index contributed by atoms with van der Waals surface area (Å²) in [5, 5.41) is 2.81. The maximum atomic E-state index is 12.6. The van der Waals surface area contributed by atoms with Gasteiger partial charge in [0.1, 0.15) is 11.9 Å². The number of carbonyl (C=O) groups excluding carboxylic acids is 2. The van der Waals surface area contributed by atoms with E-state index in [-0.39, 0.29) is 11.7 Å². The van der Waals surface area contributed by atoms with Gasteiger partial charge in [0.05, 0.1) is 12.8 Å². The van der Waals surface area contributed by atoms with E-state index in [1.165, 1.54) is 7.11 Å². The number of hydrogen-bond donors (Lipinski definition) is 1. The third-order valence-corrected chi connectivity index (χ3v) is 3.98. The highest BCUT2D eigenvalue weighted by Gasteiger charge is 2.24.